The molecule has 1 heterocycles. The molecule has 3 atom stereocenters. The zero-order valence-electron chi connectivity index (χ0n) is 12.4. The van der Waals surface area contributed by atoms with Gasteiger partial charge in [-0.25, -0.2) is 4.79 Å². The molecule has 5 nitrogen and oxygen atoms in total. The first-order valence-corrected chi connectivity index (χ1v) is 7.65. The summed E-state index contributed by atoms with van der Waals surface area (Å²) in [5, 5.41) is 5.33. The van der Waals surface area contributed by atoms with E-state index in [2.05, 4.69) is 21.5 Å². The molecular formula is C15H19F3N4O. The van der Waals surface area contributed by atoms with Crippen LogP contribution in [0.2, 0.25) is 0 Å². The highest BCUT2D eigenvalue weighted by molar-refractivity contribution is 5.89. The quantitative estimate of drug-likeness (QED) is 0.674. The minimum absolute atomic E-state index is 0.0451. The number of urea groups is 1. The molecule has 2 amide bonds. The molecule has 1 aliphatic carbocycles. The fraction of sp³-hybridized carbons (Fsp3) is 0.533. The van der Waals surface area contributed by atoms with E-state index in [-0.39, 0.29) is 11.7 Å². The van der Waals surface area contributed by atoms with E-state index in [1.807, 2.05) is 0 Å². The lowest BCUT2D eigenvalue weighted by Gasteiger charge is -2.31. The average Bonchev–Trinajstić information content (AvgIpc) is 2.94. The summed E-state index contributed by atoms with van der Waals surface area (Å²) in [6.45, 7) is 0.873. The molecule has 3 unspecified atom stereocenters. The number of benzene rings is 1. The Kier molecular flexibility index (Phi) is 4.45. The number of hydrazine groups is 1. The van der Waals surface area contributed by atoms with Gasteiger partial charge in [0.25, 0.3) is 0 Å². The van der Waals surface area contributed by atoms with Gasteiger partial charge in [0, 0.05) is 24.3 Å². The van der Waals surface area contributed by atoms with Gasteiger partial charge in [0.05, 0.1) is 5.56 Å². The summed E-state index contributed by atoms with van der Waals surface area (Å²) in [6, 6.07) is 4.65. The third-order valence-corrected chi connectivity index (χ3v) is 4.42. The number of amides is 2. The molecule has 4 N–H and O–H groups in total. The van der Waals surface area contributed by atoms with Crippen LogP contribution in [0.3, 0.4) is 0 Å². The van der Waals surface area contributed by atoms with Crippen molar-refractivity contribution >= 4 is 11.7 Å². The molecule has 1 aliphatic heterocycles. The van der Waals surface area contributed by atoms with E-state index in [4.69, 9.17) is 0 Å². The van der Waals surface area contributed by atoms with Gasteiger partial charge >= 0.3 is 12.2 Å². The van der Waals surface area contributed by atoms with Gasteiger partial charge in [-0.3, -0.25) is 10.9 Å². The number of hydrogen-bond donors (Lipinski definition) is 4. The Labute approximate surface area is 132 Å². The van der Waals surface area contributed by atoms with Crippen LogP contribution in [-0.4, -0.2) is 24.7 Å². The van der Waals surface area contributed by atoms with Gasteiger partial charge in [0.1, 0.15) is 0 Å². The number of hydrogen-bond acceptors (Lipinski definition) is 3. The Morgan fingerprint density at radius 2 is 2.09 bits per heavy atom. The van der Waals surface area contributed by atoms with Crippen LogP contribution in [0.5, 0.6) is 0 Å². The molecule has 23 heavy (non-hydrogen) atoms. The predicted octanol–water partition coefficient (Wildman–Crippen LogP) is 2.47. The van der Waals surface area contributed by atoms with Crippen LogP contribution in [0.25, 0.3) is 0 Å². The largest absolute Gasteiger partial charge is 0.416 e. The van der Waals surface area contributed by atoms with Crippen molar-refractivity contribution in [2.75, 3.05) is 11.9 Å². The van der Waals surface area contributed by atoms with Gasteiger partial charge in [-0.2, -0.15) is 13.2 Å². The normalized spacial score (nSPS) is 27.3. The molecule has 2 aliphatic rings. The number of rotatable bonds is 2. The van der Waals surface area contributed by atoms with E-state index in [0.29, 0.717) is 12.0 Å². The second-order valence-electron chi connectivity index (χ2n) is 6.08. The van der Waals surface area contributed by atoms with Crippen molar-refractivity contribution in [3.8, 4) is 0 Å². The minimum atomic E-state index is -4.42. The van der Waals surface area contributed by atoms with Gasteiger partial charge in [-0.05, 0) is 43.4 Å². The first-order valence-electron chi connectivity index (χ1n) is 7.65. The molecule has 0 spiro atoms. The monoisotopic (exact) mass is 328 g/mol. The number of carbonyl (C=O) groups is 1. The third-order valence-electron chi connectivity index (χ3n) is 4.42. The second kappa shape index (κ2) is 6.37. The summed E-state index contributed by atoms with van der Waals surface area (Å²) in [4.78, 5) is 12.0. The molecule has 1 saturated heterocycles. The smallest absolute Gasteiger partial charge is 0.335 e. The number of nitrogens with one attached hydrogen (secondary N) is 4. The summed E-state index contributed by atoms with van der Waals surface area (Å²) < 4.78 is 38.0. The van der Waals surface area contributed by atoms with Gasteiger partial charge < -0.3 is 10.6 Å². The summed E-state index contributed by atoms with van der Waals surface area (Å²) in [6.07, 6.45) is -1.74. The van der Waals surface area contributed by atoms with E-state index in [1.165, 1.54) is 12.1 Å². The zero-order valence-corrected chi connectivity index (χ0v) is 12.4. The Hall–Kier alpha value is -1.80. The summed E-state index contributed by atoms with van der Waals surface area (Å²) >= 11 is 0. The first kappa shape index (κ1) is 16.1. The Balaban J connectivity index is 1.55. The first-order chi connectivity index (χ1) is 10.9. The van der Waals surface area contributed by atoms with Crippen LogP contribution in [-0.2, 0) is 6.18 Å². The standard InChI is InChI=1S/C15H19F3N4O/c16-15(17,18)10-2-1-3-11(7-10)20-14(23)21-12-4-5-13-9(6-12)8-19-22-13/h1-3,7,9,12-13,19,22H,4-6,8H2,(H2,20,21,23). The van der Waals surface area contributed by atoms with E-state index in [1.54, 1.807) is 0 Å². The van der Waals surface area contributed by atoms with E-state index in [9.17, 15) is 18.0 Å². The molecule has 8 heteroatoms. The molecule has 2 fully saturated rings. The summed E-state index contributed by atoms with van der Waals surface area (Å²) in [5.74, 6) is 0.475. The molecule has 3 rings (SSSR count). The van der Waals surface area contributed by atoms with Crippen LogP contribution in [0.15, 0.2) is 24.3 Å². The maximum absolute atomic E-state index is 12.7. The van der Waals surface area contributed by atoms with Crippen molar-refractivity contribution in [2.24, 2.45) is 5.92 Å². The molecule has 0 radical (unpaired) electrons. The number of halogens is 3. The molecular weight excluding hydrogens is 309 g/mol. The fourth-order valence-corrected chi connectivity index (χ4v) is 3.26. The van der Waals surface area contributed by atoms with Gasteiger partial charge in [0.2, 0.25) is 0 Å². The van der Waals surface area contributed by atoms with Crippen LogP contribution in [0.1, 0.15) is 24.8 Å². The Bertz CT molecular complexity index is 578. The van der Waals surface area contributed by atoms with Crippen molar-refractivity contribution in [3.05, 3.63) is 29.8 Å². The lowest BCUT2D eigenvalue weighted by molar-refractivity contribution is -0.137. The molecule has 0 aromatic heterocycles. The van der Waals surface area contributed by atoms with Crippen LogP contribution >= 0.6 is 0 Å². The van der Waals surface area contributed by atoms with Crippen molar-refractivity contribution < 1.29 is 18.0 Å². The lowest BCUT2D eigenvalue weighted by atomic mass is 9.83. The van der Waals surface area contributed by atoms with Gasteiger partial charge in [-0.1, -0.05) is 6.07 Å². The summed E-state index contributed by atoms with van der Waals surface area (Å²) in [7, 11) is 0. The van der Waals surface area contributed by atoms with Crippen molar-refractivity contribution in [1.29, 1.82) is 0 Å². The van der Waals surface area contributed by atoms with Gasteiger partial charge in [0.15, 0.2) is 0 Å². The highest BCUT2D eigenvalue weighted by atomic mass is 19.4. The highest BCUT2D eigenvalue weighted by Crippen LogP contribution is 2.31. The maximum atomic E-state index is 12.7. The minimum Gasteiger partial charge on any atom is -0.335 e. The van der Waals surface area contributed by atoms with E-state index in [0.717, 1.165) is 37.9 Å². The molecule has 0 bridgehead atoms. The second-order valence-corrected chi connectivity index (χ2v) is 6.08. The predicted molar refractivity (Wildman–Crippen MR) is 79.7 cm³/mol. The molecule has 1 saturated carbocycles. The Morgan fingerprint density at radius 1 is 1.26 bits per heavy atom. The third kappa shape index (κ3) is 3.94. The van der Waals surface area contributed by atoms with Crippen LogP contribution in [0.4, 0.5) is 23.7 Å². The van der Waals surface area contributed by atoms with E-state index < -0.39 is 17.8 Å². The molecule has 126 valence electrons. The van der Waals surface area contributed by atoms with Crippen LogP contribution in [0, 0.1) is 5.92 Å². The average molecular weight is 328 g/mol. The number of carbonyl (C=O) groups excluding carboxylic acids is 1. The maximum Gasteiger partial charge on any atom is 0.416 e. The lowest BCUT2D eigenvalue weighted by Crippen LogP contribution is -2.45. The topological polar surface area (TPSA) is 65.2 Å². The van der Waals surface area contributed by atoms with E-state index >= 15 is 0 Å². The fourth-order valence-electron chi connectivity index (χ4n) is 3.26. The van der Waals surface area contributed by atoms with Crippen molar-refractivity contribution in [2.45, 2.75) is 37.5 Å². The summed E-state index contributed by atoms with van der Waals surface area (Å²) in [5.41, 5.74) is 5.68. The Morgan fingerprint density at radius 3 is 2.87 bits per heavy atom. The van der Waals surface area contributed by atoms with Crippen molar-refractivity contribution in [3.63, 3.8) is 0 Å². The molecule has 1 aromatic carbocycles. The van der Waals surface area contributed by atoms with Crippen molar-refractivity contribution in [1.82, 2.24) is 16.2 Å². The van der Waals surface area contributed by atoms with Gasteiger partial charge in [-0.15, -0.1) is 0 Å². The number of fused-ring (bicyclic) bond motifs is 1. The SMILES string of the molecule is O=C(Nc1cccc(C(F)(F)F)c1)NC1CCC2NNCC2C1. The number of alkyl halides is 3. The highest BCUT2D eigenvalue weighted by Gasteiger charge is 2.34. The zero-order chi connectivity index (χ0) is 16.4. The molecule has 1 aromatic rings. The number of anilines is 1. The van der Waals surface area contributed by atoms with Crippen LogP contribution < -0.4 is 21.5 Å².